The summed E-state index contributed by atoms with van der Waals surface area (Å²) in [6, 6.07) is 19.5. The molecule has 0 aliphatic heterocycles. The third-order valence-corrected chi connectivity index (χ3v) is 6.17. The average Bonchev–Trinajstić information content (AvgIpc) is 2.83. The summed E-state index contributed by atoms with van der Waals surface area (Å²) in [4.78, 5) is 12.8. The molecule has 1 atom stereocenters. The Morgan fingerprint density at radius 2 is 1.45 bits per heavy atom. The highest BCUT2D eigenvalue weighted by molar-refractivity contribution is 7.92. The minimum Gasteiger partial charge on any atom is -0.497 e. The summed E-state index contributed by atoms with van der Waals surface area (Å²) in [6.07, 6.45) is -0.316. The zero-order valence-corrected chi connectivity index (χ0v) is 19.4. The second-order valence-electron chi connectivity index (χ2n) is 7.01. The van der Waals surface area contributed by atoms with Gasteiger partial charge in [0.15, 0.2) is 17.6 Å². The number of anilines is 2. The van der Waals surface area contributed by atoms with Crippen molar-refractivity contribution in [1.29, 1.82) is 0 Å². The van der Waals surface area contributed by atoms with Gasteiger partial charge in [-0.1, -0.05) is 19.1 Å². The number of para-hydroxylation sites is 2. The SMILES string of the molecule is CC[C@@H](Oc1ccccc1OC)C(=O)Nc1ccc(S(=O)(=O)Nc2ccc(OC)cc2)cc1. The predicted octanol–water partition coefficient (Wildman–Crippen LogP) is 4.30. The Hall–Kier alpha value is -3.72. The maximum atomic E-state index is 12.7. The fourth-order valence-electron chi connectivity index (χ4n) is 3.00. The Bertz CT molecular complexity index is 1180. The van der Waals surface area contributed by atoms with Crippen LogP contribution in [-0.4, -0.2) is 34.6 Å². The number of carbonyl (C=O) groups is 1. The van der Waals surface area contributed by atoms with Crippen LogP contribution in [0.5, 0.6) is 17.2 Å². The lowest BCUT2D eigenvalue weighted by molar-refractivity contribution is -0.122. The molecule has 2 N–H and O–H groups in total. The second-order valence-corrected chi connectivity index (χ2v) is 8.70. The third kappa shape index (κ3) is 6.17. The molecule has 0 fully saturated rings. The van der Waals surface area contributed by atoms with Gasteiger partial charge in [0.1, 0.15) is 5.75 Å². The normalized spacial score (nSPS) is 11.8. The summed E-state index contributed by atoms with van der Waals surface area (Å²) in [5.74, 6) is 1.27. The maximum Gasteiger partial charge on any atom is 0.265 e. The first-order chi connectivity index (χ1) is 15.9. The van der Waals surface area contributed by atoms with Gasteiger partial charge in [-0.05, 0) is 67.1 Å². The first kappa shape index (κ1) is 23.9. The van der Waals surface area contributed by atoms with Crippen LogP contribution in [0.15, 0.2) is 77.7 Å². The number of methoxy groups -OCH3 is 2. The van der Waals surface area contributed by atoms with Gasteiger partial charge in [0.2, 0.25) is 0 Å². The highest BCUT2D eigenvalue weighted by Gasteiger charge is 2.21. The molecular weight excluding hydrogens is 444 g/mol. The lowest BCUT2D eigenvalue weighted by Crippen LogP contribution is -2.32. The van der Waals surface area contributed by atoms with Crippen molar-refractivity contribution in [2.75, 3.05) is 24.3 Å². The molecule has 0 aliphatic carbocycles. The summed E-state index contributed by atoms with van der Waals surface area (Å²) in [7, 11) is -0.725. The molecule has 174 valence electrons. The second kappa shape index (κ2) is 10.7. The molecule has 0 aromatic heterocycles. The number of hydrogen-bond donors (Lipinski definition) is 2. The molecule has 3 rings (SSSR count). The van der Waals surface area contributed by atoms with Crippen molar-refractivity contribution < 1.29 is 27.4 Å². The van der Waals surface area contributed by atoms with E-state index in [1.54, 1.807) is 42.5 Å². The van der Waals surface area contributed by atoms with Gasteiger partial charge in [0.25, 0.3) is 15.9 Å². The van der Waals surface area contributed by atoms with Crippen molar-refractivity contribution in [3.63, 3.8) is 0 Å². The van der Waals surface area contributed by atoms with Gasteiger partial charge in [-0.15, -0.1) is 0 Å². The van der Waals surface area contributed by atoms with Crippen LogP contribution in [0.25, 0.3) is 0 Å². The summed E-state index contributed by atoms with van der Waals surface area (Å²) in [6.45, 7) is 1.83. The number of hydrogen-bond acceptors (Lipinski definition) is 6. The Balaban J connectivity index is 1.66. The van der Waals surface area contributed by atoms with E-state index in [0.717, 1.165) is 0 Å². The van der Waals surface area contributed by atoms with Crippen molar-refractivity contribution in [1.82, 2.24) is 0 Å². The van der Waals surface area contributed by atoms with Crippen LogP contribution in [0.2, 0.25) is 0 Å². The van der Waals surface area contributed by atoms with Gasteiger partial charge < -0.3 is 19.5 Å². The van der Waals surface area contributed by atoms with Gasteiger partial charge in [-0.25, -0.2) is 8.42 Å². The van der Waals surface area contributed by atoms with Crippen molar-refractivity contribution in [3.05, 3.63) is 72.8 Å². The average molecular weight is 471 g/mol. The molecule has 0 saturated carbocycles. The van der Waals surface area contributed by atoms with E-state index in [4.69, 9.17) is 14.2 Å². The Morgan fingerprint density at radius 3 is 2.03 bits per heavy atom. The number of nitrogens with one attached hydrogen (secondary N) is 2. The fourth-order valence-corrected chi connectivity index (χ4v) is 4.06. The van der Waals surface area contributed by atoms with Crippen molar-refractivity contribution in [2.24, 2.45) is 0 Å². The van der Waals surface area contributed by atoms with E-state index in [1.165, 1.54) is 38.5 Å². The molecule has 0 saturated heterocycles. The largest absolute Gasteiger partial charge is 0.497 e. The quantitative estimate of drug-likeness (QED) is 0.458. The molecule has 0 heterocycles. The van der Waals surface area contributed by atoms with E-state index in [0.29, 0.717) is 35.0 Å². The minimum atomic E-state index is -3.79. The van der Waals surface area contributed by atoms with E-state index in [-0.39, 0.29) is 10.8 Å². The molecule has 33 heavy (non-hydrogen) atoms. The molecule has 8 nitrogen and oxygen atoms in total. The van der Waals surface area contributed by atoms with Crippen molar-refractivity contribution in [2.45, 2.75) is 24.3 Å². The zero-order valence-electron chi connectivity index (χ0n) is 18.6. The van der Waals surface area contributed by atoms with E-state index in [9.17, 15) is 13.2 Å². The van der Waals surface area contributed by atoms with Crippen LogP contribution in [0.3, 0.4) is 0 Å². The molecule has 9 heteroatoms. The topological polar surface area (TPSA) is 103 Å². The molecule has 0 spiro atoms. The van der Waals surface area contributed by atoms with Gasteiger partial charge in [0.05, 0.1) is 19.1 Å². The summed E-state index contributed by atoms with van der Waals surface area (Å²) in [5.41, 5.74) is 0.859. The number of ether oxygens (including phenoxy) is 3. The van der Waals surface area contributed by atoms with Crippen molar-refractivity contribution >= 4 is 27.3 Å². The molecule has 0 radical (unpaired) electrons. The van der Waals surface area contributed by atoms with E-state index in [2.05, 4.69) is 10.0 Å². The summed E-state index contributed by atoms with van der Waals surface area (Å²) >= 11 is 0. The maximum absolute atomic E-state index is 12.7. The molecule has 3 aromatic rings. The zero-order chi connectivity index (χ0) is 23.8. The smallest absolute Gasteiger partial charge is 0.265 e. The number of sulfonamides is 1. The highest BCUT2D eigenvalue weighted by Crippen LogP contribution is 2.28. The molecule has 0 unspecified atom stereocenters. The Kier molecular flexibility index (Phi) is 7.78. The van der Waals surface area contributed by atoms with E-state index in [1.807, 2.05) is 13.0 Å². The Labute approximate surface area is 193 Å². The van der Waals surface area contributed by atoms with Crippen LogP contribution >= 0.6 is 0 Å². The predicted molar refractivity (Wildman–Crippen MR) is 127 cm³/mol. The van der Waals surface area contributed by atoms with E-state index >= 15 is 0 Å². The van der Waals surface area contributed by atoms with Gasteiger partial charge >= 0.3 is 0 Å². The third-order valence-electron chi connectivity index (χ3n) is 4.78. The number of amides is 1. The van der Waals surface area contributed by atoms with Crippen LogP contribution in [0, 0.1) is 0 Å². The molecule has 3 aromatic carbocycles. The first-order valence-electron chi connectivity index (χ1n) is 10.2. The standard InChI is InChI=1S/C24H26N2O6S/c1-4-21(32-23-8-6-5-7-22(23)31-3)24(27)25-17-11-15-20(16-12-17)33(28,29)26-18-9-13-19(30-2)14-10-18/h5-16,21,26H,4H2,1-3H3,(H,25,27)/t21-/m1/s1. The highest BCUT2D eigenvalue weighted by atomic mass is 32.2. The number of rotatable bonds is 10. The summed E-state index contributed by atoms with van der Waals surface area (Å²) < 4.78 is 44.0. The molecule has 1 amide bonds. The number of benzene rings is 3. The lowest BCUT2D eigenvalue weighted by atomic mass is 10.2. The van der Waals surface area contributed by atoms with Crippen LogP contribution in [0.4, 0.5) is 11.4 Å². The van der Waals surface area contributed by atoms with Crippen LogP contribution in [-0.2, 0) is 14.8 Å². The van der Waals surface area contributed by atoms with Crippen LogP contribution in [0.1, 0.15) is 13.3 Å². The first-order valence-corrected chi connectivity index (χ1v) is 11.7. The minimum absolute atomic E-state index is 0.0635. The molecule has 0 aliphatic rings. The molecular formula is C24H26N2O6S. The Morgan fingerprint density at radius 1 is 0.848 bits per heavy atom. The fraction of sp³-hybridized carbons (Fsp3) is 0.208. The van der Waals surface area contributed by atoms with Gasteiger partial charge in [-0.3, -0.25) is 9.52 Å². The van der Waals surface area contributed by atoms with Crippen molar-refractivity contribution in [3.8, 4) is 17.2 Å². The lowest BCUT2D eigenvalue weighted by Gasteiger charge is -2.19. The van der Waals surface area contributed by atoms with Gasteiger partial charge in [0, 0.05) is 11.4 Å². The monoisotopic (exact) mass is 470 g/mol. The van der Waals surface area contributed by atoms with Gasteiger partial charge in [-0.2, -0.15) is 0 Å². The van der Waals surface area contributed by atoms with E-state index < -0.39 is 16.1 Å². The van der Waals surface area contributed by atoms with Crippen LogP contribution < -0.4 is 24.2 Å². The summed E-state index contributed by atoms with van der Waals surface area (Å²) in [5, 5.41) is 2.76. The molecule has 0 bridgehead atoms. The number of carbonyl (C=O) groups excluding carboxylic acids is 1.